The van der Waals surface area contributed by atoms with E-state index in [4.69, 9.17) is 0 Å². The molecular formula is C16H22N4O3. The molecular weight excluding hydrogens is 296 g/mol. The van der Waals surface area contributed by atoms with Gasteiger partial charge in [0.15, 0.2) is 0 Å². The Balaban J connectivity index is 1.91. The Labute approximate surface area is 135 Å². The molecule has 2 rings (SSSR count). The molecule has 1 aliphatic rings. The van der Waals surface area contributed by atoms with Crippen LogP contribution in [0.25, 0.3) is 0 Å². The molecule has 0 spiro atoms. The number of aromatic nitrogens is 1. The Morgan fingerprint density at radius 1 is 1.09 bits per heavy atom. The first-order valence-corrected chi connectivity index (χ1v) is 7.66. The van der Waals surface area contributed by atoms with Crippen LogP contribution in [0.5, 0.6) is 0 Å². The Hall–Kier alpha value is -2.44. The van der Waals surface area contributed by atoms with Gasteiger partial charge in [-0.25, -0.2) is 0 Å². The topological polar surface area (TPSA) is 73.8 Å². The molecule has 0 N–H and O–H groups in total. The average Bonchev–Trinajstić information content (AvgIpc) is 2.55. The fourth-order valence-corrected chi connectivity index (χ4v) is 2.50. The van der Waals surface area contributed by atoms with Crippen LogP contribution in [0.1, 0.15) is 19.5 Å². The van der Waals surface area contributed by atoms with Crippen LogP contribution in [0.15, 0.2) is 24.4 Å². The second kappa shape index (κ2) is 7.71. The van der Waals surface area contributed by atoms with Gasteiger partial charge in [-0.3, -0.25) is 19.4 Å². The molecule has 1 saturated heterocycles. The molecule has 0 aromatic carbocycles. The van der Waals surface area contributed by atoms with Crippen molar-refractivity contribution >= 4 is 17.7 Å². The zero-order valence-electron chi connectivity index (χ0n) is 13.6. The first kappa shape index (κ1) is 16.9. The Kier molecular flexibility index (Phi) is 5.67. The summed E-state index contributed by atoms with van der Waals surface area (Å²) in [5.74, 6) is -0.233. The van der Waals surface area contributed by atoms with Gasteiger partial charge in [-0.15, -0.1) is 0 Å². The number of piperazine rings is 1. The number of carbonyl (C=O) groups excluding carboxylic acids is 3. The minimum absolute atomic E-state index is 0.0256. The predicted octanol–water partition coefficient (Wildman–Crippen LogP) is 0.121. The maximum Gasteiger partial charge on any atom is 0.242 e. The van der Waals surface area contributed by atoms with Gasteiger partial charge in [0.05, 0.1) is 12.2 Å². The van der Waals surface area contributed by atoms with E-state index in [0.29, 0.717) is 32.7 Å². The Bertz CT molecular complexity index is 568. The lowest BCUT2D eigenvalue weighted by molar-refractivity contribution is -0.142. The van der Waals surface area contributed by atoms with E-state index in [-0.39, 0.29) is 24.3 Å². The van der Waals surface area contributed by atoms with Gasteiger partial charge >= 0.3 is 0 Å². The summed E-state index contributed by atoms with van der Waals surface area (Å²) in [6, 6.07) is 5.48. The van der Waals surface area contributed by atoms with Crippen molar-refractivity contribution in [1.29, 1.82) is 0 Å². The van der Waals surface area contributed by atoms with E-state index in [9.17, 15) is 14.4 Å². The van der Waals surface area contributed by atoms with E-state index >= 15 is 0 Å². The van der Waals surface area contributed by atoms with E-state index in [1.54, 1.807) is 22.1 Å². The molecule has 7 heteroatoms. The van der Waals surface area contributed by atoms with Crippen molar-refractivity contribution in [1.82, 2.24) is 19.7 Å². The highest BCUT2D eigenvalue weighted by molar-refractivity contribution is 5.84. The molecule has 0 bridgehead atoms. The molecule has 0 atom stereocenters. The predicted molar refractivity (Wildman–Crippen MR) is 84.2 cm³/mol. The minimum atomic E-state index is -0.161. The van der Waals surface area contributed by atoms with Gasteiger partial charge in [0.1, 0.15) is 6.54 Å². The van der Waals surface area contributed by atoms with E-state index in [1.165, 1.54) is 18.7 Å². The summed E-state index contributed by atoms with van der Waals surface area (Å²) in [7, 11) is 0. The average molecular weight is 318 g/mol. The van der Waals surface area contributed by atoms with Gasteiger partial charge in [-0.1, -0.05) is 6.07 Å². The summed E-state index contributed by atoms with van der Waals surface area (Å²) in [4.78, 5) is 44.6. The van der Waals surface area contributed by atoms with Crippen LogP contribution in [-0.4, -0.2) is 70.1 Å². The molecule has 124 valence electrons. The third kappa shape index (κ3) is 4.77. The van der Waals surface area contributed by atoms with Crippen LogP contribution >= 0.6 is 0 Å². The monoisotopic (exact) mass is 318 g/mol. The van der Waals surface area contributed by atoms with Crippen molar-refractivity contribution in [2.75, 3.05) is 32.7 Å². The van der Waals surface area contributed by atoms with Crippen LogP contribution in [0, 0.1) is 0 Å². The molecule has 1 aromatic rings. The number of hydrogen-bond acceptors (Lipinski definition) is 4. The summed E-state index contributed by atoms with van der Waals surface area (Å²) in [6.45, 7) is 5.43. The van der Waals surface area contributed by atoms with Gasteiger partial charge in [0.2, 0.25) is 17.7 Å². The summed E-state index contributed by atoms with van der Waals surface area (Å²) in [6.07, 6.45) is 1.66. The highest BCUT2D eigenvalue weighted by Gasteiger charge is 2.24. The fourth-order valence-electron chi connectivity index (χ4n) is 2.50. The molecule has 1 aliphatic heterocycles. The largest absolute Gasteiger partial charge is 0.339 e. The normalized spacial score (nSPS) is 14.5. The van der Waals surface area contributed by atoms with Gasteiger partial charge < -0.3 is 14.7 Å². The van der Waals surface area contributed by atoms with Gasteiger partial charge in [-0.2, -0.15) is 0 Å². The minimum Gasteiger partial charge on any atom is -0.339 e. The van der Waals surface area contributed by atoms with Crippen LogP contribution < -0.4 is 0 Å². The van der Waals surface area contributed by atoms with Crippen LogP contribution in [0.3, 0.4) is 0 Å². The quantitative estimate of drug-likeness (QED) is 0.790. The maximum absolute atomic E-state index is 12.4. The third-order valence-electron chi connectivity index (χ3n) is 3.93. The van der Waals surface area contributed by atoms with Gasteiger partial charge in [-0.05, 0) is 12.1 Å². The van der Waals surface area contributed by atoms with Crippen molar-refractivity contribution in [2.45, 2.75) is 20.4 Å². The second-order valence-corrected chi connectivity index (χ2v) is 5.58. The smallest absolute Gasteiger partial charge is 0.242 e. The molecule has 0 saturated carbocycles. The third-order valence-corrected chi connectivity index (χ3v) is 3.93. The number of pyridine rings is 1. The number of amides is 3. The van der Waals surface area contributed by atoms with E-state index in [0.717, 1.165) is 5.69 Å². The Morgan fingerprint density at radius 2 is 1.74 bits per heavy atom. The molecule has 1 fully saturated rings. The summed E-state index contributed by atoms with van der Waals surface area (Å²) >= 11 is 0. The zero-order valence-corrected chi connectivity index (χ0v) is 13.6. The summed E-state index contributed by atoms with van der Waals surface area (Å²) in [5, 5.41) is 0. The van der Waals surface area contributed by atoms with E-state index in [2.05, 4.69) is 4.98 Å². The molecule has 1 aromatic heterocycles. The lowest BCUT2D eigenvalue weighted by atomic mass is 10.2. The molecule has 0 aliphatic carbocycles. The van der Waals surface area contributed by atoms with Crippen LogP contribution in [-0.2, 0) is 20.9 Å². The van der Waals surface area contributed by atoms with Crippen molar-refractivity contribution in [3.8, 4) is 0 Å². The lowest BCUT2D eigenvalue weighted by Gasteiger charge is -2.35. The second-order valence-electron chi connectivity index (χ2n) is 5.58. The standard InChI is InChI=1S/C16H22N4O3/c1-13(21)18-7-9-19(10-8-18)16(23)12-20(14(2)22)11-15-5-3-4-6-17-15/h3-6H,7-12H2,1-2H3. The summed E-state index contributed by atoms with van der Waals surface area (Å²) < 4.78 is 0. The van der Waals surface area contributed by atoms with E-state index in [1.807, 2.05) is 12.1 Å². The van der Waals surface area contributed by atoms with Crippen molar-refractivity contribution in [3.05, 3.63) is 30.1 Å². The molecule has 7 nitrogen and oxygen atoms in total. The highest BCUT2D eigenvalue weighted by atomic mass is 16.2. The van der Waals surface area contributed by atoms with Crippen molar-refractivity contribution < 1.29 is 14.4 Å². The number of rotatable bonds is 4. The Morgan fingerprint density at radius 3 is 2.26 bits per heavy atom. The zero-order chi connectivity index (χ0) is 16.8. The first-order chi connectivity index (χ1) is 11.0. The van der Waals surface area contributed by atoms with Crippen LogP contribution in [0.2, 0.25) is 0 Å². The lowest BCUT2D eigenvalue weighted by Crippen LogP contribution is -2.52. The number of hydrogen-bond donors (Lipinski definition) is 0. The van der Waals surface area contributed by atoms with E-state index < -0.39 is 0 Å². The van der Waals surface area contributed by atoms with Crippen LogP contribution in [0.4, 0.5) is 0 Å². The number of nitrogens with zero attached hydrogens (tertiary/aromatic N) is 4. The maximum atomic E-state index is 12.4. The molecule has 0 radical (unpaired) electrons. The van der Waals surface area contributed by atoms with Gasteiger partial charge in [0.25, 0.3) is 0 Å². The van der Waals surface area contributed by atoms with Crippen molar-refractivity contribution in [3.63, 3.8) is 0 Å². The SMILES string of the molecule is CC(=O)N1CCN(C(=O)CN(Cc2ccccn2)C(C)=O)CC1. The molecule has 2 heterocycles. The van der Waals surface area contributed by atoms with Crippen molar-refractivity contribution in [2.24, 2.45) is 0 Å². The van der Waals surface area contributed by atoms with Gasteiger partial charge in [0, 0.05) is 46.2 Å². The summed E-state index contributed by atoms with van der Waals surface area (Å²) in [5.41, 5.74) is 0.747. The fraction of sp³-hybridized carbons (Fsp3) is 0.500. The molecule has 3 amide bonds. The number of carbonyl (C=O) groups is 3. The molecule has 23 heavy (non-hydrogen) atoms. The first-order valence-electron chi connectivity index (χ1n) is 7.66. The highest BCUT2D eigenvalue weighted by Crippen LogP contribution is 2.06. The molecule has 0 unspecified atom stereocenters.